The van der Waals surface area contributed by atoms with Crippen molar-refractivity contribution < 1.29 is 40.5 Å². The van der Waals surface area contributed by atoms with Gasteiger partial charge in [-0.1, -0.05) is 48.5 Å². The van der Waals surface area contributed by atoms with E-state index in [-0.39, 0.29) is 37.0 Å². The molecule has 0 aliphatic heterocycles. The van der Waals surface area contributed by atoms with Gasteiger partial charge >= 0.3 is 35.5 Å². The SMILES string of the molecule is O=C(CCCc1ccccc1)Oc1ccccc1.[H-].[Na+]. The predicted molar refractivity (Wildman–Crippen MR) is 72.6 cm³/mol. The monoisotopic (exact) mass is 264 g/mol. The van der Waals surface area contributed by atoms with Crippen LogP contribution in [0, 0.1) is 0 Å². The number of para-hydroxylation sites is 1. The standard InChI is InChI=1S/C16H16O2.Na.H/c17-16(18-15-11-5-2-6-12-15)13-7-10-14-8-3-1-4-9-14;;/h1-6,8-9,11-12H,7,10,13H2;;/q;+1;-1. The molecule has 2 nitrogen and oxygen atoms in total. The molecule has 0 unspecified atom stereocenters. The van der Waals surface area contributed by atoms with Crippen LogP contribution in [-0.2, 0) is 11.2 Å². The number of benzene rings is 2. The van der Waals surface area contributed by atoms with Crippen molar-refractivity contribution in [1.29, 1.82) is 0 Å². The molecule has 0 aliphatic rings. The predicted octanol–water partition coefficient (Wildman–Crippen LogP) is 0.731. The number of rotatable bonds is 5. The van der Waals surface area contributed by atoms with Gasteiger partial charge in [0, 0.05) is 6.42 Å². The van der Waals surface area contributed by atoms with Crippen LogP contribution in [-0.4, -0.2) is 5.97 Å². The maximum Gasteiger partial charge on any atom is 1.00 e. The van der Waals surface area contributed by atoms with Gasteiger partial charge in [0.2, 0.25) is 0 Å². The summed E-state index contributed by atoms with van der Waals surface area (Å²) < 4.78 is 5.21. The Hall–Kier alpha value is -1.09. The van der Waals surface area contributed by atoms with E-state index in [2.05, 4.69) is 12.1 Å². The smallest absolute Gasteiger partial charge is 1.00 e. The first-order valence-electron chi connectivity index (χ1n) is 6.14. The van der Waals surface area contributed by atoms with Gasteiger partial charge in [-0.2, -0.15) is 0 Å². The molecular weight excluding hydrogens is 247 g/mol. The van der Waals surface area contributed by atoms with E-state index < -0.39 is 0 Å². The number of esters is 1. The Balaban J connectivity index is 0.00000180. The Morgan fingerprint density at radius 2 is 1.53 bits per heavy atom. The fourth-order valence-electron chi connectivity index (χ4n) is 1.75. The van der Waals surface area contributed by atoms with Crippen LogP contribution in [0.2, 0.25) is 0 Å². The first-order chi connectivity index (χ1) is 8.84. The molecule has 0 atom stereocenters. The first kappa shape index (κ1) is 16.0. The molecule has 94 valence electrons. The third-order valence-corrected chi connectivity index (χ3v) is 2.66. The summed E-state index contributed by atoms with van der Waals surface area (Å²) in [5.74, 6) is 0.444. The summed E-state index contributed by atoms with van der Waals surface area (Å²) in [7, 11) is 0. The van der Waals surface area contributed by atoms with Crippen molar-refractivity contribution >= 4 is 5.97 Å². The summed E-state index contributed by atoms with van der Waals surface area (Å²) in [5, 5.41) is 0. The van der Waals surface area contributed by atoms with Crippen molar-refractivity contribution in [3.63, 3.8) is 0 Å². The molecule has 2 aromatic rings. The molecule has 0 saturated heterocycles. The summed E-state index contributed by atoms with van der Waals surface area (Å²) in [5.41, 5.74) is 1.25. The molecule has 0 bridgehead atoms. The van der Waals surface area contributed by atoms with Gasteiger partial charge in [-0.05, 0) is 30.5 Å². The van der Waals surface area contributed by atoms with Crippen LogP contribution in [0.5, 0.6) is 5.75 Å². The molecule has 0 radical (unpaired) electrons. The summed E-state index contributed by atoms with van der Waals surface area (Å²) in [6.45, 7) is 0. The minimum atomic E-state index is -0.169. The van der Waals surface area contributed by atoms with Crippen LogP contribution < -0.4 is 34.3 Å². The average molecular weight is 264 g/mol. The zero-order valence-electron chi connectivity index (χ0n) is 12.2. The van der Waals surface area contributed by atoms with E-state index in [0.717, 1.165) is 12.8 Å². The normalized spacial score (nSPS) is 9.47. The largest absolute Gasteiger partial charge is 1.00 e. The zero-order valence-corrected chi connectivity index (χ0v) is 13.2. The first-order valence-corrected chi connectivity index (χ1v) is 6.14. The fourth-order valence-corrected chi connectivity index (χ4v) is 1.75. The summed E-state index contributed by atoms with van der Waals surface area (Å²) in [6, 6.07) is 19.3. The molecule has 0 spiro atoms. The zero-order chi connectivity index (χ0) is 12.6. The topological polar surface area (TPSA) is 26.3 Å². The molecule has 0 aliphatic carbocycles. The maximum absolute atomic E-state index is 11.6. The second-order valence-electron chi connectivity index (χ2n) is 4.13. The van der Waals surface area contributed by atoms with E-state index in [1.165, 1.54) is 5.56 Å². The fraction of sp³-hybridized carbons (Fsp3) is 0.188. The van der Waals surface area contributed by atoms with Crippen LogP contribution >= 0.6 is 0 Å². The Labute approximate surface area is 137 Å². The van der Waals surface area contributed by atoms with Gasteiger partial charge in [-0.15, -0.1) is 0 Å². The molecule has 0 N–H and O–H groups in total. The Morgan fingerprint density at radius 3 is 2.16 bits per heavy atom. The molecule has 19 heavy (non-hydrogen) atoms. The summed E-state index contributed by atoms with van der Waals surface area (Å²) >= 11 is 0. The number of carbonyl (C=O) groups excluding carboxylic acids is 1. The van der Waals surface area contributed by atoms with Crippen molar-refractivity contribution in [1.82, 2.24) is 0 Å². The Morgan fingerprint density at radius 1 is 0.947 bits per heavy atom. The molecule has 2 rings (SSSR count). The third kappa shape index (κ3) is 6.06. The van der Waals surface area contributed by atoms with E-state index in [4.69, 9.17) is 4.74 Å². The minimum Gasteiger partial charge on any atom is -1.00 e. The van der Waals surface area contributed by atoms with E-state index in [1.807, 2.05) is 36.4 Å². The molecule has 0 heterocycles. The van der Waals surface area contributed by atoms with Crippen molar-refractivity contribution in [3.8, 4) is 5.75 Å². The second-order valence-corrected chi connectivity index (χ2v) is 4.13. The average Bonchev–Trinajstić information content (AvgIpc) is 2.41. The van der Waals surface area contributed by atoms with E-state index in [9.17, 15) is 4.79 Å². The summed E-state index contributed by atoms with van der Waals surface area (Å²) in [4.78, 5) is 11.6. The van der Waals surface area contributed by atoms with E-state index in [1.54, 1.807) is 12.1 Å². The molecule has 0 amide bonds. The van der Waals surface area contributed by atoms with Gasteiger partial charge in [0.1, 0.15) is 5.75 Å². The van der Waals surface area contributed by atoms with Crippen LogP contribution in [0.25, 0.3) is 0 Å². The van der Waals surface area contributed by atoms with Crippen molar-refractivity contribution in [2.75, 3.05) is 0 Å². The van der Waals surface area contributed by atoms with Gasteiger partial charge in [0.15, 0.2) is 0 Å². The minimum absolute atomic E-state index is 0. The number of carbonyl (C=O) groups is 1. The van der Waals surface area contributed by atoms with Gasteiger partial charge in [0.25, 0.3) is 0 Å². The number of hydrogen-bond acceptors (Lipinski definition) is 2. The molecule has 0 fully saturated rings. The van der Waals surface area contributed by atoms with Crippen LogP contribution in [0.15, 0.2) is 60.7 Å². The van der Waals surface area contributed by atoms with E-state index >= 15 is 0 Å². The number of ether oxygens (including phenoxy) is 1. The number of aryl methyl sites for hydroxylation is 1. The van der Waals surface area contributed by atoms with Crippen molar-refractivity contribution in [2.45, 2.75) is 19.3 Å². The third-order valence-electron chi connectivity index (χ3n) is 2.66. The van der Waals surface area contributed by atoms with Crippen LogP contribution in [0.3, 0.4) is 0 Å². The Kier molecular flexibility index (Phi) is 7.49. The van der Waals surface area contributed by atoms with Crippen LogP contribution in [0.1, 0.15) is 19.8 Å². The molecule has 2 aromatic carbocycles. The quantitative estimate of drug-likeness (QED) is 0.452. The molecule has 3 heteroatoms. The van der Waals surface area contributed by atoms with Gasteiger partial charge in [-0.25, -0.2) is 0 Å². The molecular formula is C16H17NaO2. The van der Waals surface area contributed by atoms with Crippen LogP contribution in [0.4, 0.5) is 0 Å². The van der Waals surface area contributed by atoms with Crippen molar-refractivity contribution in [2.24, 2.45) is 0 Å². The van der Waals surface area contributed by atoms with Crippen molar-refractivity contribution in [3.05, 3.63) is 66.2 Å². The second kappa shape index (κ2) is 8.92. The summed E-state index contributed by atoms with van der Waals surface area (Å²) in [6.07, 6.45) is 2.17. The van der Waals surface area contributed by atoms with Gasteiger partial charge < -0.3 is 6.16 Å². The van der Waals surface area contributed by atoms with Gasteiger partial charge in [0.05, 0.1) is 0 Å². The van der Waals surface area contributed by atoms with Gasteiger partial charge in [-0.3, -0.25) is 4.79 Å². The number of hydrogen-bond donors (Lipinski definition) is 0. The maximum atomic E-state index is 11.6. The Bertz CT molecular complexity index is 488. The molecule has 0 saturated carbocycles. The van der Waals surface area contributed by atoms with E-state index in [0.29, 0.717) is 12.2 Å². The molecule has 0 aromatic heterocycles.